The highest BCUT2D eigenvalue weighted by molar-refractivity contribution is 6.08. The number of anilines is 1. The van der Waals surface area contributed by atoms with Crippen molar-refractivity contribution in [2.24, 2.45) is 0 Å². The van der Waals surface area contributed by atoms with Crippen molar-refractivity contribution in [3.05, 3.63) is 29.8 Å². The molecule has 15 heavy (non-hydrogen) atoms. The third kappa shape index (κ3) is 1.08. The van der Waals surface area contributed by atoms with Gasteiger partial charge in [-0.3, -0.25) is 4.79 Å². The van der Waals surface area contributed by atoms with Crippen LogP contribution in [-0.4, -0.2) is 11.9 Å². The number of fused-ring (bicyclic) bond motifs is 1. The number of carbonyl (C=O) groups is 1. The van der Waals surface area contributed by atoms with E-state index in [2.05, 4.69) is 12.1 Å². The van der Waals surface area contributed by atoms with Gasteiger partial charge in [0.2, 0.25) is 5.91 Å². The lowest BCUT2D eigenvalue weighted by Crippen LogP contribution is -2.37. The van der Waals surface area contributed by atoms with Crippen molar-refractivity contribution in [1.82, 2.24) is 0 Å². The van der Waals surface area contributed by atoms with E-state index in [1.807, 2.05) is 30.9 Å². The summed E-state index contributed by atoms with van der Waals surface area (Å²) in [6, 6.07) is 8.66. The minimum Gasteiger partial charge on any atom is -0.308 e. The molecule has 1 fully saturated rings. The molecule has 2 nitrogen and oxygen atoms in total. The zero-order valence-corrected chi connectivity index (χ0v) is 9.16. The first-order valence-corrected chi connectivity index (χ1v) is 5.55. The predicted octanol–water partition coefficient (Wildman–Crippen LogP) is 2.47. The van der Waals surface area contributed by atoms with Gasteiger partial charge in [-0.15, -0.1) is 0 Å². The fourth-order valence-electron chi connectivity index (χ4n) is 2.43. The Morgan fingerprint density at radius 3 is 2.60 bits per heavy atom. The van der Waals surface area contributed by atoms with Crippen LogP contribution in [0.4, 0.5) is 5.69 Å². The van der Waals surface area contributed by atoms with Crippen LogP contribution < -0.4 is 4.90 Å². The average molecular weight is 201 g/mol. The third-order valence-corrected chi connectivity index (χ3v) is 3.50. The Balaban J connectivity index is 2.18. The molecule has 1 amide bonds. The second-order valence-electron chi connectivity index (χ2n) is 5.05. The molecule has 2 aliphatic rings. The molecule has 0 aromatic heterocycles. The Morgan fingerprint density at radius 1 is 1.27 bits per heavy atom. The van der Waals surface area contributed by atoms with E-state index in [0.717, 1.165) is 18.5 Å². The van der Waals surface area contributed by atoms with E-state index in [0.29, 0.717) is 6.04 Å². The minimum atomic E-state index is -0.334. The number of amides is 1. The molecule has 0 bridgehead atoms. The fourth-order valence-corrected chi connectivity index (χ4v) is 2.43. The second-order valence-corrected chi connectivity index (χ2v) is 5.05. The van der Waals surface area contributed by atoms with Gasteiger partial charge in [0.1, 0.15) is 0 Å². The highest BCUT2D eigenvalue weighted by atomic mass is 16.2. The number of benzene rings is 1. The molecule has 3 rings (SSSR count). The summed E-state index contributed by atoms with van der Waals surface area (Å²) in [6.45, 7) is 4.05. The van der Waals surface area contributed by atoms with E-state index in [1.54, 1.807) is 0 Å². The van der Waals surface area contributed by atoms with Gasteiger partial charge >= 0.3 is 0 Å². The minimum absolute atomic E-state index is 0.270. The molecule has 0 unspecified atom stereocenters. The van der Waals surface area contributed by atoms with E-state index in [9.17, 15) is 4.79 Å². The predicted molar refractivity (Wildman–Crippen MR) is 60.0 cm³/mol. The van der Waals surface area contributed by atoms with Gasteiger partial charge in [-0.1, -0.05) is 18.2 Å². The maximum atomic E-state index is 12.3. The lowest BCUT2D eigenvalue weighted by molar-refractivity contribution is -0.122. The highest BCUT2D eigenvalue weighted by Crippen LogP contribution is 2.46. The summed E-state index contributed by atoms with van der Waals surface area (Å²) >= 11 is 0. The van der Waals surface area contributed by atoms with Crippen molar-refractivity contribution in [3.8, 4) is 0 Å². The molecule has 1 aromatic carbocycles. The van der Waals surface area contributed by atoms with Gasteiger partial charge in [0.15, 0.2) is 0 Å². The summed E-state index contributed by atoms with van der Waals surface area (Å²) in [5, 5.41) is 0. The van der Waals surface area contributed by atoms with Crippen LogP contribution in [-0.2, 0) is 10.2 Å². The van der Waals surface area contributed by atoms with Crippen molar-refractivity contribution >= 4 is 11.6 Å². The Labute approximate surface area is 89.9 Å². The second kappa shape index (κ2) is 2.63. The van der Waals surface area contributed by atoms with Crippen molar-refractivity contribution in [1.29, 1.82) is 0 Å². The van der Waals surface area contributed by atoms with Crippen LogP contribution in [0.5, 0.6) is 0 Å². The Hall–Kier alpha value is -1.31. The highest BCUT2D eigenvalue weighted by Gasteiger charge is 2.48. The van der Waals surface area contributed by atoms with Gasteiger partial charge in [-0.05, 0) is 38.3 Å². The topological polar surface area (TPSA) is 20.3 Å². The molecule has 0 N–H and O–H groups in total. The monoisotopic (exact) mass is 201 g/mol. The largest absolute Gasteiger partial charge is 0.308 e. The molecule has 1 aliphatic heterocycles. The van der Waals surface area contributed by atoms with E-state index in [-0.39, 0.29) is 11.3 Å². The van der Waals surface area contributed by atoms with E-state index in [1.165, 1.54) is 5.56 Å². The number of para-hydroxylation sites is 1. The van der Waals surface area contributed by atoms with Gasteiger partial charge in [0, 0.05) is 11.7 Å². The zero-order valence-electron chi connectivity index (χ0n) is 9.16. The van der Waals surface area contributed by atoms with Crippen LogP contribution in [0.25, 0.3) is 0 Å². The van der Waals surface area contributed by atoms with E-state index < -0.39 is 0 Å². The van der Waals surface area contributed by atoms with Crippen molar-refractivity contribution in [2.75, 3.05) is 4.90 Å². The molecule has 78 valence electrons. The van der Waals surface area contributed by atoms with Gasteiger partial charge in [0.05, 0.1) is 5.41 Å². The van der Waals surface area contributed by atoms with E-state index >= 15 is 0 Å². The summed E-state index contributed by atoms with van der Waals surface area (Å²) in [6.07, 6.45) is 2.33. The SMILES string of the molecule is CC1(C)C(=O)N(C2CC2)c2ccccc21. The maximum absolute atomic E-state index is 12.3. The molecular weight excluding hydrogens is 186 g/mol. The third-order valence-electron chi connectivity index (χ3n) is 3.50. The molecule has 1 aromatic rings. The van der Waals surface area contributed by atoms with Crippen molar-refractivity contribution in [3.63, 3.8) is 0 Å². The molecule has 0 atom stereocenters. The first-order chi connectivity index (χ1) is 7.12. The van der Waals surface area contributed by atoms with Gasteiger partial charge in [-0.2, -0.15) is 0 Å². The van der Waals surface area contributed by atoms with Crippen LogP contribution in [0.15, 0.2) is 24.3 Å². The van der Waals surface area contributed by atoms with Gasteiger partial charge < -0.3 is 4.90 Å². The molecule has 1 aliphatic carbocycles. The molecule has 0 saturated heterocycles. The molecule has 2 heteroatoms. The molecule has 1 saturated carbocycles. The Kier molecular flexibility index (Phi) is 1.57. The lowest BCUT2D eigenvalue weighted by atomic mass is 9.86. The van der Waals surface area contributed by atoms with Crippen molar-refractivity contribution < 1.29 is 4.79 Å². The summed E-state index contributed by atoms with van der Waals surface area (Å²) in [5.41, 5.74) is 1.98. The number of nitrogens with zero attached hydrogens (tertiary/aromatic N) is 1. The Morgan fingerprint density at radius 2 is 1.93 bits per heavy atom. The summed E-state index contributed by atoms with van der Waals surface area (Å²) in [4.78, 5) is 14.3. The quantitative estimate of drug-likeness (QED) is 0.683. The molecular formula is C13H15NO. The van der Waals surface area contributed by atoms with E-state index in [4.69, 9.17) is 0 Å². The molecule has 1 heterocycles. The van der Waals surface area contributed by atoms with Crippen LogP contribution in [0.1, 0.15) is 32.3 Å². The smallest absolute Gasteiger partial charge is 0.237 e. The summed E-state index contributed by atoms with van der Waals surface area (Å²) < 4.78 is 0. The fraction of sp³-hybridized carbons (Fsp3) is 0.462. The maximum Gasteiger partial charge on any atom is 0.237 e. The number of hydrogen-bond donors (Lipinski definition) is 0. The zero-order chi connectivity index (χ0) is 10.6. The first-order valence-electron chi connectivity index (χ1n) is 5.55. The number of hydrogen-bond acceptors (Lipinski definition) is 1. The summed E-state index contributed by atoms with van der Waals surface area (Å²) in [7, 11) is 0. The normalized spacial score (nSPS) is 23.1. The van der Waals surface area contributed by atoms with Gasteiger partial charge in [0.25, 0.3) is 0 Å². The van der Waals surface area contributed by atoms with Gasteiger partial charge in [-0.25, -0.2) is 0 Å². The van der Waals surface area contributed by atoms with Crippen LogP contribution >= 0.6 is 0 Å². The van der Waals surface area contributed by atoms with Crippen LogP contribution in [0.3, 0.4) is 0 Å². The molecule has 0 radical (unpaired) electrons. The first kappa shape index (κ1) is 8.96. The standard InChI is InChI=1S/C13H15NO/c1-13(2)10-5-3-4-6-11(10)14(12(13)15)9-7-8-9/h3-6,9H,7-8H2,1-2H3. The van der Waals surface area contributed by atoms with Crippen LogP contribution in [0.2, 0.25) is 0 Å². The molecule has 0 spiro atoms. The van der Waals surface area contributed by atoms with Crippen molar-refractivity contribution in [2.45, 2.75) is 38.1 Å². The Bertz CT molecular complexity index is 432. The lowest BCUT2D eigenvalue weighted by Gasteiger charge is -2.19. The number of carbonyl (C=O) groups excluding carboxylic acids is 1. The number of rotatable bonds is 1. The summed E-state index contributed by atoms with van der Waals surface area (Å²) in [5.74, 6) is 0.270. The average Bonchev–Trinajstić information content (AvgIpc) is 3.00. The van der Waals surface area contributed by atoms with Crippen LogP contribution in [0, 0.1) is 0 Å².